The molecule has 1 aromatic carbocycles. The molecule has 0 spiro atoms. The number of nitrogens with zero attached hydrogens (tertiary/aromatic N) is 3. The number of aromatic amines is 1. The Labute approximate surface area is 187 Å². The van der Waals surface area contributed by atoms with Crippen molar-refractivity contribution in [3.05, 3.63) is 60.6 Å². The Morgan fingerprint density at radius 3 is 2.48 bits per heavy atom. The molecule has 3 aromatic heterocycles. The van der Waals surface area contributed by atoms with Crippen LogP contribution in [0.5, 0.6) is 17.2 Å². The Morgan fingerprint density at radius 1 is 1.12 bits per heavy atom. The van der Waals surface area contributed by atoms with Crippen molar-refractivity contribution >= 4 is 22.8 Å². The lowest BCUT2D eigenvalue weighted by Crippen LogP contribution is -2.38. The number of amides is 2. The topological polar surface area (TPSA) is 159 Å². The number of primary amides is 2. The van der Waals surface area contributed by atoms with Crippen molar-refractivity contribution in [2.24, 2.45) is 16.9 Å². The molecular weight excluding hydrogens is 424 g/mol. The molecular formula is C23H20N6O4. The highest BCUT2D eigenvalue weighted by Gasteiger charge is 2.64. The predicted octanol–water partition coefficient (Wildman–Crippen LogP) is 2.27. The van der Waals surface area contributed by atoms with Crippen LogP contribution in [0.1, 0.15) is 17.9 Å². The number of aromatic nitrogens is 4. The molecule has 3 heterocycles. The van der Waals surface area contributed by atoms with Gasteiger partial charge < -0.3 is 20.9 Å². The van der Waals surface area contributed by atoms with Gasteiger partial charge in [0.25, 0.3) is 0 Å². The second kappa shape index (κ2) is 7.59. The zero-order valence-corrected chi connectivity index (χ0v) is 17.6. The van der Waals surface area contributed by atoms with Crippen LogP contribution in [-0.4, -0.2) is 39.1 Å². The molecule has 4 aromatic rings. The lowest BCUT2D eigenvalue weighted by molar-refractivity contribution is -0.133. The van der Waals surface area contributed by atoms with Gasteiger partial charge in [-0.1, -0.05) is 12.1 Å². The first-order valence-corrected chi connectivity index (χ1v) is 10.1. The van der Waals surface area contributed by atoms with Gasteiger partial charge in [-0.15, -0.1) is 0 Å². The Balaban J connectivity index is 1.46. The molecule has 166 valence electrons. The minimum atomic E-state index is -1.31. The second-order valence-electron chi connectivity index (χ2n) is 7.83. The van der Waals surface area contributed by atoms with Crippen molar-refractivity contribution in [3.8, 4) is 28.5 Å². The van der Waals surface area contributed by atoms with Gasteiger partial charge in [0.15, 0.2) is 5.75 Å². The van der Waals surface area contributed by atoms with Gasteiger partial charge in [0.1, 0.15) is 28.1 Å². The van der Waals surface area contributed by atoms with E-state index in [9.17, 15) is 9.59 Å². The molecule has 0 aliphatic heterocycles. The van der Waals surface area contributed by atoms with E-state index in [0.29, 0.717) is 40.4 Å². The summed E-state index contributed by atoms with van der Waals surface area (Å²) >= 11 is 0. The SMILES string of the molecule is COc1cc2nccc(Oc3ccc(C4CC4(C(N)=O)C(N)=O)cc3)c2nc1-c1cn[nH]c1. The van der Waals surface area contributed by atoms with E-state index < -0.39 is 17.2 Å². The van der Waals surface area contributed by atoms with E-state index in [2.05, 4.69) is 15.2 Å². The van der Waals surface area contributed by atoms with Crippen LogP contribution in [0.2, 0.25) is 0 Å². The molecule has 10 nitrogen and oxygen atoms in total. The smallest absolute Gasteiger partial charge is 0.233 e. The zero-order valence-electron chi connectivity index (χ0n) is 17.6. The van der Waals surface area contributed by atoms with E-state index in [1.807, 2.05) is 0 Å². The Hall–Kier alpha value is -4.47. The van der Waals surface area contributed by atoms with Gasteiger partial charge in [-0.2, -0.15) is 5.10 Å². The molecule has 0 radical (unpaired) electrons. The fourth-order valence-corrected chi connectivity index (χ4v) is 4.08. The maximum Gasteiger partial charge on any atom is 0.233 e. The fourth-order valence-electron chi connectivity index (χ4n) is 4.08. The van der Waals surface area contributed by atoms with Gasteiger partial charge in [-0.05, 0) is 24.1 Å². The van der Waals surface area contributed by atoms with Crippen molar-refractivity contribution in [1.29, 1.82) is 0 Å². The van der Waals surface area contributed by atoms with E-state index in [1.54, 1.807) is 62.1 Å². The molecule has 5 rings (SSSR count). The Kier molecular flexibility index (Phi) is 4.70. The lowest BCUT2D eigenvalue weighted by atomic mass is 9.97. The maximum absolute atomic E-state index is 11.8. The summed E-state index contributed by atoms with van der Waals surface area (Å²) in [6.45, 7) is 0. The van der Waals surface area contributed by atoms with Crippen LogP contribution in [-0.2, 0) is 9.59 Å². The highest BCUT2D eigenvalue weighted by atomic mass is 16.5. The standard InChI is InChI=1S/C23H20N6O4/c1-32-18-8-16-20(29-19(18)13-10-27-28-11-13)17(6-7-26-16)33-14-4-2-12(3-5-14)15-9-23(15,21(24)30)22(25)31/h2-8,10-11,15H,9H2,1H3,(H2,24,30)(H2,25,31)(H,27,28). The van der Waals surface area contributed by atoms with Gasteiger partial charge in [0.05, 0.1) is 18.8 Å². The second-order valence-corrected chi connectivity index (χ2v) is 7.83. The largest absolute Gasteiger partial charge is 0.494 e. The predicted molar refractivity (Wildman–Crippen MR) is 118 cm³/mol. The maximum atomic E-state index is 11.8. The van der Waals surface area contributed by atoms with Crippen LogP contribution >= 0.6 is 0 Å². The first kappa shape index (κ1) is 20.4. The third kappa shape index (κ3) is 3.32. The summed E-state index contributed by atoms with van der Waals surface area (Å²) in [5.74, 6) is -0.0879. The normalized spacial score (nSPS) is 16.3. The summed E-state index contributed by atoms with van der Waals surface area (Å²) in [6, 6.07) is 10.6. The zero-order chi connectivity index (χ0) is 23.2. The van der Waals surface area contributed by atoms with Crippen molar-refractivity contribution < 1.29 is 19.1 Å². The van der Waals surface area contributed by atoms with Gasteiger partial charge >= 0.3 is 0 Å². The number of nitrogens with one attached hydrogen (secondary N) is 1. The van der Waals surface area contributed by atoms with Crippen molar-refractivity contribution in [2.75, 3.05) is 7.11 Å². The molecule has 1 aliphatic rings. The molecule has 0 bridgehead atoms. The first-order chi connectivity index (χ1) is 15.9. The van der Waals surface area contributed by atoms with Gasteiger partial charge in [0, 0.05) is 36.0 Å². The third-order valence-corrected chi connectivity index (χ3v) is 5.98. The number of methoxy groups -OCH3 is 1. The fraction of sp³-hybridized carbons (Fsp3) is 0.174. The van der Waals surface area contributed by atoms with Crippen molar-refractivity contribution in [3.63, 3.8) is 0 Å². The molecule has 33 heavy (non-hydrogen) atoms. The molecule has 1 fully saturated rings. The van der Waals surface area contributed by atoms with Gasteiger partial charge in [-0.3, -0.25) is 19.7 Å². The molecule has 0 saturated heterocycles. The minimum absolute atomic E-state index is 0.315. The average Bonchev–Trinajstić information content (AvgIpc) is 3.37. The summed E-state index contributed by atoms with van der Waals surface area (Å²) in [4.78, 5) is 32.6. The third-order valence-electron chi connectivity index (χ3n) is 5.98. The van der Waals surface area contributed by atoms with Crippen LogP contribution in [0.4, 0.5) is 0 Å². The van der Waals surface area contributed by atoms with Crippen molar-refractivity contribution in [2.45, 2.75) is 12.3 Å². The number of fused-ring (bicyclic) bond motifs is 1. The van der Waals surface area contributed by atoms with E-state index in [-0.39, 0.29) is 5.92 Å². The van der Waals surface area contributed by atoms with E-state index >= 15 is 0 Å². The number of benzene rings is 1. The number of rotatable bonds is 7. The van der Waals surface area contributed by atoms with Gasteiger partial charge in [0.2, 0.25) is 11.8 Å². The number of H-pyrrole nitrogens is 1. The number of carbonyl (C=O) groups excluding carboxylic acids is 2. The molecule has 1 atom stereocenters. The van der Waals surface area contributed by atoms with Crippen LogP contribution in [0.3, 0.4) is 0 Å². The molecule has 2 amide bonds. The highest BCUT2D eigenvalue weighted by Crippen LogP contribution is 2.59. The number of hydrogen-bond acceptors (Lipinski definition) is 7. The molecule has 5 N–H and O–H groups in total. The Morgan fingerprint density at radius 2 is 1.88 bits per heavy atom. The summed E-state index contributed by atoms with van der Waals surface area (Å²) < 4.78 is 11.6. The molecule has 1 aliphatic carbocycles. The number of ether oxygens (including phenoxy) is 2. The van der Waals surface area contributed by atoms with Crippen LogP contribution < -0.4 is 20.9 Å². The van der Waals surface area contributed by atoms with Crippen molar-refractivity contribution in [1.82, 2.24) is 20.2 Å². The summed E-state index contributed by atoms with van der Waals surface area (Å²) in [5, 5.41) is 6.75. The molecule has 1 unspecified atom stereocenters. The minimum Gasteiger partial charge on any atom is -0.494 e. The number of nitrogens with two attached hydrogens (primary N) is 2. The van der Waals surface area contributed by atoms with Gasteiger partial charge in [-0.25, -0.2) is 4.98 Å². The average molecular weight is 444 g/mol. The molecule has 10 heteroatoms. The first-order valence-electron chi connectivity index (χ1n) is 10.1. The quantitative estimate of drug-likeness (QED) is 0.369. The summed E-state index contributed by atoms with van der Waals surface area (Å²) in [5.41, 5.74) is 12.9. The molecule has 1 saturated carbocycles. The van der Waals surface area contributed by atoms with E-state index in [4.69, 9.17) is 25.9 Å². The highest BCUT2D eigenvalue weighted by molar-refractivity contribution is 6.08. The van der Waals surface area contributed by atoms with Crippen LogP contribution in [0, 0.1) is 5.41 Å². The van der Waals surface area contributed by atoms with Crippen LogP contribution in [0.15, 0.2) is 55.0 Å². The van der Waals surface area contributed by atoms with Crippen LogP contribution in [0.25, 0.3) is 22.3 Å². The summed E-state index contributed by atoms with van der Waals surface area (Å²) in [6.07, 6.45) is 5.32. The van der Waals surface area contributed by atoms with E-state index in [0.717, 1.165) is 11.1 Å². The lowest BCUT2D eigenvalue weighted by Gasteiger charge is -2.12. The monoisotopic (exact) mass is 444 g/mol. The Bertz CT molecular complexity index is 1350. The summed E-state index contributed by atoms with van der Waals surface area (Å²) in [7, 11) is 1.57. The number of hydrogen-bond donors (Lipinski definition) is 3. The number of pyridine rings is 2. The number of carbonyl (C=O) groups is 2. The van der Waals surface area contributed by atoms with E-state index in [1.165, 1.54) is 0 Å².